The van der Waals surface area contributed by atoms with Crippen molar-refractivity contribution >= 4 is 23.2 Å². The Balaban J connectivity index is 1.58. The van der Waals surface area contributed by atoms with Crippen molar-refractivity contribution < 1.29 is 14.5 Å². The van der Waals surface area contributed by atoms with Crippen molar-refractivity contribution in [3.63, 3.8) is 0 Å². The van der Waals surface area contributed by atoms with Crippen LogP contribution in [0.2, 0.25) is 0 Å². The van der Waals surface area contributed by atoms with Crippen molar-refractivity contribution in [1.29, 1.82) is 0 Å². The lowest BCUT2D eigenvalue weighted by Crippen LogP contribution is -2.36. The molecule has 2 amide bonds. The highest BCUT2D eigenvalue weighted by Gasteiger charge is 2.60. The van der Waals surface area contributed by atoms with Crippen LogP contribution in [0.4, 0.5) is 11.4 Å². The zero-order valence-electron chi connectivity index (χ0n) is 16.3. The highest BCUT2D eigenvalue weighted by Crippen LogP contribution is 2.50. The molecule has 2 aliphatic rings. The number of carbonyl (C=O) groups is 2. The molecule has 1 N–H and O–H groups in total. The van der Waals surface area contributed by atoms with Gasteiger partial charge < -0.3 is 5.32 Å². The van der Waals surface area contributed by atoms with Crippen LogP contribution in [-0.2, 0) is 9.59 Å². The van der Waals surface area contributed by atoms with E-state index in [1.54, 1.807) is 48.7 Å². The maximum atomic E-state index is 13.5. The quantitative estimate of drug-likeness (QED) is 0.399. The molecule has 8 heteroatoms. The van der Waals surface area contributed by atoms with Gasteiger partial charge in [-0.3, -0.25) is 24.7 Å². The van der Waals surface area contributed by atoms with Gasteiger partial charge in [0.25, 0.3) is 5.69 Å². The zero-order chi connectivity index (χ0) is 21.5. The molecule has 2 aromatic carbocycles. The van der Waals surface area contributed by atoms with Gasteiger partial charge in [0.15, 0.2) is 0 Å². The summed E-state index contributed by atoms with van der Waals surface area (Å²) in [5.41, 5.74) is 1.90. The molecule has 0 unspecified atom stereocenters. The van der Waals surface area contributed by atoms with Crippen LogP contribution < -0.4 is 10.2 Å². The Labute approximate surface area is 177 Å². The van der Waals surface area contributed by atoms with E-state index >= 15 is 0 Å². The first-order valence-corrected chi connectivity index (χ1v) is 9.90. The first-order valence-electron chi connectivity index (χ1n) is 9.90. The molecule has 3 aromatic rings. The van der Waals surface area contributed by atoms with E-state index in [2.05, 4.69) is 10.3 Å². The van der Waals surface area contributed by atoms with Crippen LogP contribution in [0.15, 0.2) is 79.0 Å². The summed E-state index contributed by atoms with van der Waals surface area (Å²) in [7, 11) is 0. The number of anilines is 1. The van der Waals surface area contributed by atoms with Gasteiger partial charge in [-0.25, -0.2) is 4.90 Å². The fraction of sp³-hybridized carbons (Fsp3) is 0.174. The standard InChI is InChI=1S/C23H18N4O4/c28-22-18-19(23(29)26(22)15-6-2-1-3-7-15)21(17-8-4-5-13-24-17)25-20(18)14-9-11-16(12-10-14)27(30)31/h1-13,18-21,25H/t18-,19+,20-,21+/m0/s1. The number of para-hydroxylation sites is 1. The van der Waals surface area contributed by atoms with Crippen LogP contribution in [0.1, 0.15) is 23.3 Å². The number of fused-ring (bicyclic) bond motifs is 1. The van der Waals surface area contributed by atoms with Crippen LogP contribution in [0.5, 0.6) is 0 Å². The average Bonchev–Trinajstić information content (AvgIpc) is 3.32. The molecule has 1 aromatic heterocycles. The molecule has 2 fully saturated rings. The highest BCUT2D eigenvalue weighted by atomic mass is 16.6. The van der Waals surface area contributed by atoms with Gasteiger partial charge in [0.1, 0.15) is 0 Å². The third-order valence-electron chi connectivity index (χ3n) is 5.96. The lowest BCUT2D eigenvalue weighted by atomic mass is 9.85. The van der Waals surface area contributed by atoms with E-state index in [0.29, 0.717) is 11.4 Å². The Morgan fingerprint density at radius 3 is 2.10 bits per heavy atom. The number of imide groups is 1. The third-order valence-corrected chi connectivity index (χ3v) is 5.96. The van der Waals surface area contributed by atoms with Gasteiger partial charge in [-0.1, -0.05) is 36.4 Å². The van der Waals surface area contributed by atoms with E-state index < -0.39 is 28.8 Å². The predicted octanol–water partition coefficient (Wildman–Crippen LogP) is 3.18. The lowest BCUT2D eigenvalue weighted by Gasteiger charge is -2.22. The van der Waals surface area contributed by atoms with E-state index in [4.69, 9.17) is 0 Å². The Hall–Kier alpha value is -3.91. The summed E-state index contributed by atoms with van der Waals surface area (Å²) >= 11 is 0. The predicted molar refractivity (Wildman–Crippen MR) is 112 cm³/mol. The number of nitro groups is 1. The summed E-state index contributed by atoms with van der Waals surface area (Å²) < 4.78 is 0. The molecule has 154 valence electrons. The first kappa shape index (κ1) is 19.1. The Morgan fingerprint density at radius 1 is 0.839 bits per heavy atom. The third kappa shape index (κ3) is 3.08. The number of aromatic nitrogens is 1. The molecule has 0 bridgehead atoms. The fourth-order valence-electron chi connectivity index (χ4n) is 4.58. The van der Waals surface area contributed by atoms with Crippen LogP contribution in [-0.4, -0.2) is 21.7 Å². The number of carbonyl (C=O) groups excluding carboxylic acids is 2. The number of rotatable bonds is 4. The second-order valence-electron chi connectivity index (χ2n) is 7.62. The average molecular weight is 414 g/mol. The largest absolute Gasteiger partial charge is 0.300 e. The number of nitrogens with zero attached hydrogens (tertiary/aromatic N) is 3. The van der Waals surface area contributed by atoms with Crippen LogP contribution in [0, 0.1) is 22.0 Å². The van der Waals surface area contributed by atoms with Crippen molar-refractivity contribution in [3.05, 3.63) is 100 Å². The minimum Gasteiger partial charge on any atom is -0.300 e. The second-order valence-corrected chi connectivity index (χ2v) is 7.62. The smallest absolute Gasteiger partial charge is 0.269 e. The van der Waals surface area contributed by atoms with E-state index in [1.807, 2.05) is 18.2 Å². The maximum absolute atomic E-state index is 13.5. The van der Waals surface area contributed by atoms with Crippen LogP contribution in [0.3, 0.4) is 0 Å². The maximum Gasteiger partial charge on any atom is 0.269 e. The van der Waals surface area contributed by atoms with E-state index in [1.165, 1.54) is 17.0 Å². The van der Waals surface area contributed by atoms with Crippen molar-refractivity contribution in [1.82, 2.24) is 10.3 Å². The van der Waals surface area contributed by atoms with Crippen molar-refractivity contribution in [2.75, 3.05) is 4.90 Å². The number of benzene rings is 2. The number of amides is 2. The Kier molecular flexibility index (Phi) is 4.56. The van der Waals surface area contributed by atoms with Gasteiger partial charge in [-0.15, -0.1) is 0 Å². The van der Waals surface area contributed by atoms with Crippen molar-refractivity contribution in [2.24, 2.45) is 11.8 Å². The van der Waals surface area contributed by atoms with Crippen LogP contribution in [0.25, 0.3) is 0 Å². The van der Waals surface area contributed by atoms with Crippen molar-refractivity contribution in [3.8, 4) is 0 Å². The summed E-state index contributed by atoms with van der Waals surface area (Å²) in [6, 6.07) is 19.5. The minimum atomic E-state index is -0.638. The summed E-state index contributed by atoms with van der Waals surface area (Å²) in [4.78, 5) is 43.1. The monoisotopic (exact) mass is 414 g/mol. The summed E-state index contributed by atoms with van der Waals surface area (Å²) in [6.07, 6.45) is 1.65. The minimum absolute atomic E-state index is 0.0284. The van der Waals surface area contributed by atoms with Gasteiger partial charge in [0.2, 0.25) is 11.8 Å². The van der Waals surface area contributed by atoms with Gasteiger partial charge >= 0.3 is 0 Å². The molecule has 2 aliphatic heterocycles. The van der Waals surface area contributed by atoms with Gasteiger partial charge in [0, 0.05) is 24.4 Å². The van der Waals surface area contributed by atoms with Crippen molar-refractivity contribution in [2.45, 2.75) is 12.1 Å². The molecule has 31 heavy (non-hydrogen) atoms. The molecule has 8 nitrogen and oxygen atoms in total. The molecule has 5 rings (SSSR count). The molecule has 0 saturated carbocycles. The number of nitrogens with one attached hydrogen (secondary N) is 1. The molecule has 2 saturated heterocycles. The number of hydrogen-bond acceptors (Lipinski definition) is 6. The summed E-state index contributed by atoms with van der Waals surface area (Å²) in [6.45, 7) is 0. The molecular formula is C23H18N4O4. The second kappa shape index (κ2) is 7.41. The molecule has 3 heterocycles. The fourth-order valence-corrected chi connectivity index (χ4v) is 4.58. The highest BCUT2D eigenvalue weighted by molar-refractivity contribution is 6.22. The topological polar surface area (TPSA) is 105 Å². The lowest BCUT2D eigenvalue weighted by molar-refractivity contribution is -0.384. The Bertz CT molecular complexity index is 1150. The van der Waals surface area contributed by atoms with E-state index in [0.717, 1.165) is 5.56 Å². The van der Waals surface area contributed by atoms with Gasteiger partial charge in [-0.05, 0) is 29.8 Å². The summed E-state index contributed by atoms with van der Waals surface area (Å²) in [5, 5.41) is 14.4. The molecule has 0 radical (unpaired) electrons. The SMILES string of the molecule is O=C1[C@@H]2[C@H](C(=O)N1c1ccccc1)[C@H](c1ccc([N+](=O)[O-])cc1)N[C@@H]2c1ccccn1. The molecular weight excluding hydrogens is 396 g/mol. The number of pyridine rings is 1. The zero-order valence-corrected chi connectivity index (χ0v) is 16.3. The molecule has 4 atom stereocenters. The first-order chi connectivity index (χ1) is 15.1. The Morgan fingerprint density at radius 2 is 1.48 bits per heavy atom. The van der Waals surface area contributed by atoms with E-state index in [9.17, 15) is 19.7 Å². The number of non-ortho nitro benzene ring substituents is 1. The number of hydrogen-bond donors (Lipinski definition) is 1. The van der Waals surface area contributed by atoms with Gasteiger partial charge in [-0.2, -0.15) is 0 Å². The molecule has 0 spiro atoms. The summed E-state index contributed by atoms with van der Waals surface area (Å²) in [5.74, 6) is -1.81. The molecule has 0 aliphatic carbocycles. The number of nitro benzene ring substituents is 1. The van der Waals surface area contributed by atoms with Gasteiger partial charge in [0.05, 0.1) is 34.2 Å². The normalized spacial score (nSPS) is 25.0. The van der Waals surface area contributed by atoms with Crippen LogP contribution >= 0.6 is 0 Å². The van der Waals surface area contributed by atoms with E-state index in [-0.39, 0.29) is 17.5 Å².